The smallest absolute Gasteiger partial charge is 0.392 e. The number of nitrogens with one attached hydrogen (secondary N) is 1. The SMILES string of the molecule is O[C@H]1CN[C@H](c2ccc(C(F)(F)F)cc2)C1. The molecule has 0 spiro atoms. The topological polar surface area (TPSA) is 32.3 Å². The minimum Gasteiger partial charge on any atom is -0.392 e. The van der Waals surface area contributed by atoms with E-state index in [0.29, 0.717) is 13.0 Å². The number of aliphatic hydroxyl groups excluding tert-OH is 1. The van der Waals surface area contributed by atoms with Crippen LogP contribution in [-0.4, -0.2) is 17.8 Å². The first-order chi connectivity index (χ1) is 7.47. The Morgan fingerprint density at radius 1 is 1.19 bits per heavy atom. The van der Waals surface area contributed by atoms with Gasteiger partial charge in [0.2, 0.25) is 0 Å². The normalized spacial score (nSPS) is 26.0. The Labute approximate surface area is 91.1 Å². The third-order valence-electron chi connectivity index (χ3n) is 2.75. The first-order valence-electron chi connectivity index (χ1n) is 5.05. The molecule has 1 aromatic rings. The number of halogens is 3. The quantitative estimate of drug-likeness (QED) is 0.775. The Kier molecular flexibility index (Phi) is 2.90. The summed E-state index contributed by atoms with van der Waals surface area (Å²) >= 11 is 0. The molecule has 16 heavy (non-hydrogen) atoms. The first kappa shape index (κ1) is 11.4. The third-order valence-corrected chi connectivity index (χ3v) is 2.75. The molecule has 2 nitrogen and oxygen atoms in total. The Hall–Kier alpha value is -1.07. The van der Waals surface area contributed by atoms with E-state index in [9.17, 15) is 18.3 Å². The fraction of sp³-hybridized carbons (Fsp3) is 0.455. The van der Waals surface area contributed by atoms with Crippen molar-refractivity contribution in [3.63, 3.8) is 0 Å². The molecule has 0 aliphatic carbocycles. The van der Waals surface area contributed by atoms with E-state index >= 15 is 0 Å². The van der Waals surface area contributed by atoms with Crippen LogP contribution in [0.2, 0.25) is 0 Å². The van der Waals surface area contributed by atoms with E-state index in [2.05, 4.69) is 5.32 Å². The summed E-state index contributed by atoms with van der Waals surface area (Å²) in [4.78, 5) is 0. The van der Waals surface area contributed by atoms with Gasteiger partial charge in [-0.25, -0.2) is 0 Å². The molecule has 1 saturated heterocycles. The Bertz CT molecular complexity index is 360. The molecule has 1 aromatic carbocycles. The Morgan fingerprint density at radius 3 is 2.25 bits per heavy atom. The Balaban J connectivity index is 2.14. The van der Waals surface area contributed by atoms with Crippen molar-refractivity contribution in [2.24, 2.45) is 0 Å². The van der Waals surface area contributed by atoms with Gasteiger partial charge in [-0.15, -0.1) is 0 Å². The van der Waals surface area contributed by atoms with Crippen LogP contribution in [0.25, 0.3) is 0 Å². The monoisotopic (exact) mass is 231 g/mol. The fourth-order valence-electron chi connectivity index (χ4n) is 1.88. The second kappa shape index (κ2) is 4.07. The number of aliphatic hydroxyl groups is 1. The zero-order valence-electron chi connectivity index (χ0n) is 8.46. The molecule has 0 unspecified atom stereocenters. The predicted octanol–water partition coefficient (Wildman–Crippen LogP) is 2.10. The molecular formula is C11H12F3NO. The van der Waals surface area contributed by atoms with Gasteiger partial charge in [-0.2, -0.15) is 13.2 Å². The van der Waals surface area contributed by atoms with Gasteiger partial charge in [0.05, 0.1) is 11.7 Å². The van der Waals surface area contributed by atoms with Crippen molar-refractivity contribution in [3.05, 3.63) is 35.4 Å². The number of hydrogen-bond donors (Lipinski definition) is 2. The van der Waals surface area contributed by atoms with Gasteiger partial charge in [0.15, 0.2) is 0 Å². The molecule has 88 valence electrons. The van der Waals surface area contributed by atoms with E-state index in [-0.39, 0.29) is 6.04 Å². The lowest BCUT2D eigenvalue weighted by Gasteiger charge is -2.12. The van der Waals surface area contributed by atoms with Crippen LogP contribution >= 0.6 is 0 Å². The van der Waals surface area contributed by atoms with Gasteiger partial charge in [0, 0.05) is 12.6 Å². The van der Waals surface area contributed by atoms with Crippen LogP contribution in [0.3, 0.4) is 0 Å². The molecule has 2 atom stereocenters. The first-order valence-corrected chi connectivity index (χ1v) is 5.05. The van der Waals surface area contributed by atoms with Gasteiger partial charge in [-0.3, -0.25) is 0 Å². The predicted molar refractivity (Wildman–Crippen MR) is 52.8 cm³/mol. The largest absolute Gasteiger partial charge is 0.416 e. The van der Waals surface area contributed by atoms with Crippen LogP contribution in [0.15, 0.2) is 24.3 Å². The van der Waals surface area contributed by atoms with Crippen molar-refractivity contribution in [1.82, 2.24) is 5.32 Å². The maximum absolute atomic E-state index is 12.3. The molecule has 1 aliphatic heterocycles. The van der Waals surface area contributed by atoms with Crippen LogP contribution in [0.1, 0.15) is 23.6 Å². The standard InChI is InChI=1S/C11H12F3NO/c12-11(13,14)8-3-1-7(2-4-8)10-5-9(16)6-15-10/h1-4,9-10,15-16H,5-6H2/t9-,10+/m1/s1. The lowest BCUT2D eigenvalue weighted by molar-refractivity contribution is -0.137. The number of alkyl halides is 3. The van der Waals surface area contributed by atoms with Crippen molar-refractivity contribution in [1.29, 1.82) is 0 Å². The van der Waals surface area contributed by atoms with Crippen molar-refractivity contribution in [3.8, 4) is 0 Å². The fourth-order valence-corrected chi connectivity index (χ4v) is 1.88. The lowest BCUT2D eigenvalue weighted by Crippen LogP contribution is -2.15. The molecule has 0 bridgehead atoms. The van der Waals surface area contributed by atoms with Gasteiger partial charge >= 0.3 is 6.18 Å². The van der Waals surface area contributed by atoms with Crippen LogP contribution in [0.4, 0.5) is 13.2 Å². The van der Waals surface area contributed by atoms with Gasteiger partial charge in [-0.05, 0) is 24.1 Å². The van der Waals surface area contributed by atoms with Crippen molar-refractivity contribution in [2.75, 3.05) is 6.54 Å². The lowest BCUT2D eigenvalue weighted by atomic mass is 10.0. The summed E-state index contributed by atoms with van der Waals surface area (Å²) in [5, 5.41) is 12.4. The molecule has 0 radical (unpaired) electrons. The zero-order chi connectivity index (χ0) is 11.8. The number of rotatable bonds is 1. The van der Waals surface area contributed by atoms with Crippen LogP contribution in [-0.2, 0) is 6.18 Å². The van der Waals surface area contributed by atoms with Crippen LogP contribution in [0.5, 0.6) is 0 Å². The summed E-state index contributed by atoms with van der Waals surface area (Å²) in [6.07, 6.45) is -4.15. The molecule has 0 saturated carbocycles. The van der Waals surface area contributed by atoms with Crippen LogP contribution in [0, 0.1) is 0 Å². The summed E-state index contributed by atoms with van der Waals surface area (Å²) in [7, 11) is 0. The molecule has 0 amide bonds. The van der Waals surface area contributed by atoms with Crippen LogP contribution < -0.4 is 5.32 Å². The maximum atomic E-state index is 12.3. The molecular weight excluding hydrogens is 219 g/mol. The van der Waals surface area contributed by atoms with Crippen molar-refractivity contribution >= 4 is 0 Å². The number of benzene rings is 1. The molecule has 1 heterocycles. The average molecular weight is 231 g/mol. The summed E-state index contributed by atoms with van der Waals surface area (Å²) in [6.45, 7) is 0.492. The van der Waals surface area contributed by atoms with Crippen molar-refractivity contribution < 1.29 is 18.3 Å². The average Bonchev–Trinajstić information content (AvgIpc) is 2.64. The zero-order valence-corrected chi connectivity index (χ0v) is 8.46. The van der Waals surface area contributed by atoms with Gasteiger partial charge in [0.1, 0.15) is 0 Å². The van der Waals surface area contributed by atoms with Gasteiger partial charge in [0.25, 0.3) is 0 Å². The second-order valence-electron chi connectivity index (χ2n) is 3.97. The highest BCUT2D eigenvalue weighted by molar-refractivity contribution is 5.27. The highest BCUT2D eigenvalue weighted by atomic mass is 19.4. The van der Waals surface area contributed by atoms with E-state index < -0.39 is 17.8 Å². The summed E-state index contributed by atoms with van der Waals surface area (Å²) < 4.78 is 36.9. The van der Waals surface area contributed by atoms with Crippen molar-refractivity contribution in [2.45, 2.75) is 24.7 Å². The molecule has 0 aromatic heterocycles. The minimum atomic E-state index is -4.29. The van der Waals surface area contributed by atoms with E-state index in [1.165, 1.54) is 12.1 Å². The molecule has 5 heteroatoms. The van der Waals surface area contributed by atoms with E-state index in [1.54, 1.807) is 0 Å². The number of β-amino-alcohol motifs (C(OH)–C–C–N with tert-alkyl or cyclic N) is 1. The third kappa shape index (κ3) is 2.36. The second-order valence-corrected chi connectivity index (χ2v) is 3.97. The highest BCUT2D eigenvalue weighted by Crippen LogP contribution is 2.31. The van der Waals surface area contributed by atoms with E-state index in [1.807, 2.05) is 0 Å². The van der Waals surface area contributed by atoms with Gasteiger partial charge < -0.3 is 10.4 Å². The van der Waals surface area contributed by atoms with Gasteiger partial charge in [-0.1, -0.05) is 12.1 Å². The number of hydrogen-bond acceptors (Lipinski definition) is 2. The van der Waals surface area contributed by atoms with E-state index in [4.69, 9.17) is 0 Å². The maximum Gasteiger partial charge on any atom is 0.416 e. The minimum absolute atomic E-state index is 0.0442. The molecule has 1 aliphatic rings. The Morgan fingerprint density at radius 2 is 1.81 bits per heavy atom. The summed E-state index contributed by atoms with van der Waals surface area (Å²) in [5.41, 5.74) is 0.138. The van der Waals surface area contributed by atoms with E-state index in [0.717, 1.165) is 17.7 Å². The molecule has 1 fully saturated rings. The molecule has 2 rings (SSSR count). The highest BCUT2D eigenvalue weighted by Gasteiger charge is 2.30. The summed E-state index contributed by atoms with van der Waals surface area (Å²) in [5.74, 6) is 0. The summed E-state index contributed by atoms with van der Waals surface area (Å²) in [6, 6.07) is 5.01. The molecule has 2 N–H and O–H groups in total.